The van der Waals surface area contributed by atoms with E-state index in [1.165, 1.54) is 0 Å². The molecule has 0 aromatic carbocycles. The fourth-order valence-electron chi connectivity index (χ4n) is 1.86. The average molecular weight is 277 g/mol. The zero-order valence-electron chi connectivity index (χ0n) is 12.9. The Hall–Kier alpha value is -0.0900. The summed E-state index contributed by atoms with van der Waals surface area (Å²) in [6, 6.07) is 0.0844. The van der Waals surface area contributed by atoms with Crippen molar-refractivity contribution in [3.63, 3.8) is 0 Å². The van der Waals surface area contributed by atoms with Gasteiger partial charge in [-0.3, -0.25) is 0 Å². The molecule has 0 saturated heterocycles. The van der Waals surface area contributed by atoms with Crippen LogP contribution in [0, 0.1) is 11.8 Å². The van der Waals surface area contributed by atoms with Gasteiger partial charge in [-0.25, -0.2) is 8.42 Å². The van der Waals surface area contributed by atoms with Gasteiger partial charge in [0, 0.05) is 6.04 Å². The van der Waals surface area contributed by atoms with Crippen LogP contribution in [0.2, 0.25) is 0 Å². The van der Waals surface area contributed by atoms with Crippen LogP contribution >= 0.6 is 0 Å². The van der Waals surface area contributed by atoms with E-state index < -0.39 is 9.84 Å². The van der Waals surface area contributed by atoms with Gasteiger partial charge in [-0.15, -0.1) is 0 Å². The topological polar surface area (TPSA) is 46.2 Å². The maximum atomic E-state index is 12.3. The minimum atomic E-state index is -3.01. The van der Waals surface area contributed by atoms with Crippen molar-refractivity contribution in [2.24, 2.45) is 11.8 Å². The SMILES string of the molecule is CCCNC(CS(=O)(=O)C(C)C(C)C)C(C)CC. The summed E-state index contributed by atoms with van der Waals surface area (Å²) in [4.78, 5) is 0. The molecule has 0 bridgehead atoms. The second-order valence-electron chi connectivity index (χ2n) is 5.72. The zero-order chi connectivity index (χ0) is 14.3. The number of rotatable bonds is 9. The van der Waals surface area contributed by atoms with Crippen LogP contribution in [-0.2, 0) is 9.84 Å². The third kappa shape index (κ3) is 5.70. The average Bonchev–Trinajstić information content (AvgIpc) is 2.32. The third-order valence-electron chi connectivity index (χ3n) is 3.90. The second-order valence-corrected chi connectivity index (χ2v) is 8.13. The summed E-state index contributed by atoms with van der Waals surface area (Å²) in [6.45, 7) is 13.0. The van der Waals surface area contributed by atoms with Gasteiger partial charge in [0.2, 0.25) is 0 Å². The van der Waals surface area contributed by atoms with Crippen molar-refractivity contribution in [1.29, 1.82) is 0 Å². The van der Waals surface area contributed by atoms with Crippen LogP contribution in [0.15, 0.2) is 0 Å². The third-order valence-corrected chi connectivity index (χ3v) is 6.41. The Morgan fingerprint density at radius 3 is 2.00 bits per heavy atom. The molecule has 4 heteroatoms. The molecule has 0 aliphatic carbocycles. The lowest BCUT2D eigenvalue weighted by Gasteiger charge is -2.26. The summed E-state index contributed by atoms with van der Waals surface area (Å²) in [5.41, 5.74) is 0. The molecule has 18 heavy (non-hydrogen) atoms. The minimum Gasteiger partial charge on any atom is -0.313 e. The van der Waals surface area contributed by atoms with E-state index in [1.807, 2.05) is 20.8 Å². The van der Waals surface area contributed by atoms with Gasteiger partial charge in [-0.05, 0) is 31.7 Å². The summed E-state index contributed by atoms with van der Waals surface area (Å²) >= 11 is 0. The maximum Gasteiger partial charge on any atom is 0.154 e. The lowest BCUT2D eigenvalue weighted by Crippen LogP contribution is -2.43. The first-order valence-electron chi connectivity index (χ1n) is 7.21. The molecule has 0 radical (unpaired) electrons. The molecule has 0 aliphatic rings. The first kappa shape index (κ1) is 17.9. The predicted molar refractivity (Wildman–Crippen MR) is 79.6 cm³/mol. The highest BCUT2D eigenvalue weighted by molar-refractivity contribution is 7.92. The molecule has 3 atom stereocenters. The Morgan fingerprint density at radius 2 is 1.61 bits per heavy atom. The summed E-state index contributed by atoms with van der Waals surface area (Å²) in [7, 11) is -3.01. The van der Waals surface area contributed by atoms with Crippen LogP contribution in [0.4, 0.5) is 0 Å². The van der Waals surface area contributed by atoms with Crippen molar-refractivity contribution in [2.45, 2.75) is 65.7 Å². The highest BCUT2D eigenvalue weighted by Gasteiger charge is 2.29. The van der Waals surface area contributed by atoms with Crippen LogP contribution in [0.3, 0.4) is 0 Å². The Bertz CT molecular complexity index is 312. The van der Waals surface area contributed by atoms with Crippen molar-refractivity contribution in [3.05, 3.63) is 0 Å². The summed E-state index contributed by atoms with van der Waals surface area (Å²) in [5.74, 6) is 0.839. The quantitative estimate of drug-likeness (QED) is 0.705. The molecule has 0 fully saturated rings. The van der Waals surface area contributed by atoms with Gasteiger partial charge in [0.1, 0.15) is 0 Å². The van der Waals surface area contributed by atoms with Crippen molar-refractivity contribution in [1.82, 2.24) is 5.32 Å². The first-order valence-corrected chi connectivity index (χ1v) is 8.92. The van der Waals surface area contributed by atoms with Gasteiger partial charge < -0.3 is 5.32 Å². The van der Waals surface area contributed by atoms with Crippen LogP contribution < -0.4 is 5.32 Å². The Morgan fingerprint density at radius 1 is 1.06 bits per heavy atom. The number of nitrogens with one attached hydrogen (secondary N) is 1. The van der Waals surface area contributed by atoms with E-state index in [-0.39, 0.29) is 23.0 Å². The van der Waals surface area contributed by atoms with Crippen LogP contribution in [0.1, 0.15) is 54.4 Å². The maximum absolute atomic E-state index is 12.3. The fraction of sp³-hybridized carbons (Fsp3) is 1.00. The summed E-state index contributed by atoms with van der Waals surface area (Å²) in [6.07, 6.45) is 2.04. The summed E-state index contributed by atoms with van der Waals surface area (Å²) < 4.78 is 24.7. The normalized spacial score (nSPS) is 17.7. The minimum absolute atomic E-state index is 0.0844. The molecule has 1 N–H and O–H groups in total. The van der Waals surface area contributed by atoms with Crippen molar-refractivity contribution < 1.29 is 8.42 Å². The fourth-order valence-corrected chi connectivity index (χ4v) is 3.94. The molecular formula is C14H31NO2S. The van der Waals surface area contributed by atoms with E-state index in [0.717, 1.165) is 19.4 Å². The molecule has 0 saturated carbocycles. The van der Waals surface area contributed by atoms with Crippen LogP contribution in [-0.4, -0.2) is 32.0 Å². The van der Waals surface area contributed by atoms with Crippen LogP contribution in [0.25, 0.3) is 0 Å². The smallest absolute Gasteiger partial charge is 0.154 e. The van der Waals surface area contributed by atoms with E-state index >= 15 is 0 Å². The standard InChI is InChI=1S/C14H31NO2S/c1-7-9-15-14(12(5)8-2)10-18(16,17)13(6)11(3)4/h11-15H,7-10H2,1-6H3. The van der Waals surface area contributed by atoms with E-state index in [0.29, 0.717) is 5.92 Å². The molecule has 110 valence electrons. The molecule has 0 aromatic rings. The molecule has 0 spiro atoms. The van der Waals surface area contributed by atoms with Gasteiger partial charge in [-0.1, -0.05) is 41.0 Å². The molecule has 0 aromatic heterocycles. The van der Waals surface area contributed by atoms with Crippen molar-refractivity contribution in [3.8, 4) is 0 Å². The molecule has 0 aliphatic heterocycles. The van der Waals surface area contributed by atoms with Gasteiger partial charge in [0.15, 0.2) is 9.84 Å². The Labute approximate surface area is 114 Å². The largest absolute Gasteiger partial charge is 0.313 e. The molecule has 0 heterocycles. The van der Waals surface area contributed by atoms with Gasteiger partial charge in [0.25, 0.3) is 0 Å². The summed E-state index contributed by atoms with van der Waals surface area (Å²) in [5, 5.41) is 3.13. The Balaban J connectivity index is 4.75. The van der Waals surface area contributed by atoms with E-state index in [9.17, 15) is 8.42 Å². The highest BCUT2D eigenvalue weighted by atomic mass is 32.2. The van der Waals surface area contributed by atoms with Crippen molar-refractivity contribution in [2.75, 3.05) is 12.3 Å². The Kier molecular flexibility index (Phi) is 8.11. The predicted octanol–water partition coefficient (Wildman–Crippen LogP) is 2.86. The molecular weight excluding hydrogens is 246 g/mol. The van der Waals surface area contributed by atoms with Crippen LogP contribution in [0.5, 0.6) is 0 Å². The number of hydrogen-bond acceptors (Lipinski definition) is 3. The van der Waals surface area contributed by atoms with E-state index in [2.05, 4.69) is 26.1 Å². The van der Waals surface area contributed by atoms with Gasteiger partial charge in [0.05, 0.1) is 11.0 Å². The number of sulfone groups is 1. The molecule has 0 rings (SSSR count). The van der Waals surface area contributed by atoms with Crippen molar-refractivity contribution >= 4 is 9.84 Å². The molecule has 3 nitrogen and oxygen atoms in total. The second kappa shape index (κ2) is 8.16. The number of hydrogen-bond donors (Lipinski definition) is 1. The zero-order valence-corrected chi connectivity index (χ0v) is 13.7. The molecule has 3 unspecified atom stereocenters. The monoisotopic (exact) mass is 277 g/mol. The van der Waals surface area contributed by atoms with E-state index in [4.69, 9.17) is 0 Å². The lowest BCUT2D eigenvalue weighted by atomic mass is 10.0. The molecule has 0 amide bonds. The van der Waals surface area contributed by atoms with Gasteiger partial charge >= 0.3 is 0 Å². The van der Waals surface area contributed by atoms with E-state index in [1.54, 1.807) is 0 Å². The lowest BCUT2D eigenvalue weighted by molar-refractivity contribution is 0.389. The van der Waals surface area contributed by atoms with Gasteiger partial charge in [-0.2, -0.15) is 0 Å². The highest BCUT2D eigenvalue weighted by Crippen LogP contribution is 2.17. The first-order chi connectivity index (χ1) is 8.26.